The molecule has 2 fully saturated rings. The average molecular weight is 879 g/mol. The normalized spacial score (nSPS) is 19.0. The van der Waals surface area contributed by atoms with E-state index in [1.807, 2.05) is 0 Å². The Kier molecular flexibility index (Phi) is 9.61. The van der Waals surface area contributed by atoms with E-state index < -0.39 is 5.41 Å². The Balaban J connectivity index is 0.964. The third-order valence-electron chi connectivity index (χ3n) is 15.4. The molecule has 2 heterocycles. The number of fused-ring (bicyclic) bond motifs is 3. The molecule has 2 saturated heterocycles. The molecule has 3 unspecified atom stereocenters. The molecule has 3 aliphatic rings. The van der Waals surface area contributed by atoms with Crippen LogP contribution in [-0.2, 0) is 36.2 Å². The summed E-state index contributed by atoms with van der Waals surface area (Å²) in [4.78, 5) is 0. The molecule has 0 amide bonds. The molecule has 13 rings (SSSR count). The van der Waals surface area contributed by atoms with Gasteiger partial charge in [-0.05, 0) is 163 Å². The predicted octanol–water partition coefficient (Wildman–Crippen LogP) is 15.2. The molecular weight excluding hydrogens is 821 g/mol. The van der Waals surface area contributed by atoms with Gasteiger partial charge < -0.3 is 18.9 Å². The Morgan fingerprint density at radius 2 is 1.00 bits per heavy atom. The Bertz CT molecular complexity index is 3510. The van der Waals surface area contributed by atoms with Gasteiger partial charge in [-0.15, -0.1) is 0 Å². The van der Waals surface area contributed by atoms with Crippen molar-refractivity contribution in [1.29, 1.82) is 0 Å². The summed E-state index contributed by atoms with van der Waals surface area (Å²) in [5.74, 6) is 0.608. The van der Waals surface area contributed by atoms with Crippen molar-refractivity contribution in [3.8, 4) is 33.4 Å². The van der Waals surface area contributed by atoms with Crippen LogP contribution in [0.3, 0.4) is 0 Å². The first-order chi connectivity index (χ1) is 32.6. The first-order valence-corrected chi connectivity index (χ1v) is 24.7. The third kappa shape index (κ3) is 7.02. The number of ether oxygens (including phenoxy) is 4. The Labute approximate surface area is 393 Å². The fourth-order valence-corrected chi connectivity index (χ4v) is 11.9. The molecule has 2 aliphatic heterocycles. The van der Waals surface area contributed by atoms with Crippen LogP contribution in [0.4, 0.5) is 0 Å². The van der Waals surface area contributed by atoms with Gasteiger partial charge in [-0.2, -0.15) is 0 Å². The second kappa shape index (κ2) is 15.6. The van der Waals surface area contributed by atoms with Gasteiger partial charge in [0.2, 0.25) is 0 Å². The number of hydrogen-bond donors (Lipinski definition) is 0. The largest absolute Gasteiger partial charge is 0.379 e. The molecule has 1 aliphatic carbocycles. The van der Waals surface area contributed by atoms with E-state index in [4.69, 9.17) is 18.9 Å². The van der Waals surface area contributed by atoms with Gasteiger partial charge in [0.25, 0.3) is 0 Å². The van der Waals surface area contributed by atoms with Crippen molar-refractivity contribution in [2.24, 2.45) is 5.92 Å². The lowest BCUT2D eigenvalue weighted by Gasteiger charge is -2.33. The van der Waals surface area contributed by atoms with E-state index in [9.17, 15) is 0 Å². The van der Waals surface area contributed by atoms with Crippen LogP contribution in [0.2, 0.25) is 0 Å². The number of rotatable bonds is 14. The second-order valence-electron chi connectivity index (χ2n) is 21.5. The third-order valence-corrected chi connectivity index (χ3v) is 15.4. The SMILES string of the molecule is CC(C)Cc1cc2ccc3ccc(-c4ccc5c(c4)C(CCCOCC4CO4)(COCC4CO4)c4cc(-c6ccc7ccc8cc(C(C)(C)C)cc9ccc6c7c89)ccc4-5)c4ccc(c1)c2c34. The maximum atomic E-state index is 6.83. The van der Waals surface area contributed by atoms with E-state index in [2.05, 4.69) is 168 Å². The van der Waals surface area contributed by atoms with Crippen LogP contribution in [-0.4, -0.2) is 51.8 Å². The maximum absolute atomic E-state index is 6.83. The summed E-state index contributed by atoms with van der Waals surface area (Å²) in [6.45, 7) is 15.6. The molecule has 0 N–H and O–H groups in total. The van der Waals surface area contributed by atoms with E-state index in [-0.39, 0.29) is 17.6 Å². The summed E-state index contributed by atoms with van der Waals surface area (Å²) in [5, 5.41) is 15.9. The molecule has 0 bridgehead atoms. The zero-order valence-electron chi connectivity index (χ0n) is 39.4. The van der Waals surface area contributed by atoms with E-state index in [1.165, 1.54) is 120 Å². The highest BCUT2D eigenvalue weighted by Gasteiger charge is 2.44. The van der Waals surface area contributed by atoms with Crippen molar-refractivity contribution >= 4 is 64.6 Å². The first-order valence-electron chi connectivity index (χ1n) is 24.7. The van der Waals surface area contributed by atoms with Crippen molar-refractivity contribution in [2.75, 3.05) is 39.6 Å². The standard InChI is InChI=1S/C63H58O4/c1-37(2)25-38-26-43-9-7-39-11-17-50(54-21-15-44(27-38)58(43)60(39)54)41-13-19-52-53-20-14-42(31-57(53)63(56(52)30-41,36-65-33-49-35-67-49)23-6-24-64-32-48-34-66-48)51-18-12-40-8-10-45-28-47(62(3,4)5)29-46-16-22-55(51)61(40)59(45)46/h7-22,26-31,37,48-49H,6,23-25,32-36H2,1-5H3. The van der Waals surface area contributed by atoms with Crippen LogP contribution in [0.15, 0.2) is 133 Å². The van der Waals surface area contributed by atoms with Crippen LogP contribution in [0.5, 0.6) is 0 Å². The van der Waals surface area contributed by atoms with Gasteiger partial charge in [0.1, 0.15) is 12.2 Å². The van der Waals surface area contributed by atoms with E-state index in [0.29, 0.717) is 32.3 Å². The highest BCUT2D eigenvalue weighted by molar-refractivity contribution is 6.27. The maximum Gasteiger partial charge on any atom is 0.104 e. The van der Waals surface area contributed by atoms with Crippen LogP contribution < -0.4 is 0 Å². The van der Waals surface area contributed by atoms with Gasteiger partial charge in [0.05, 0.1) is 33.0 Å². The van der Waals surface area contributed by atoms with Crippen molar-refractivity contribution in [2.45, 2.75) is 76.9 Å². The minimum atomic E-state index is -0.408. The summed E-state index contributed by atoms with van der Waals surface area (Å²) in [6, 6.07) is 52.3. The molecule has 0 aromatic heterocycles. The van der Waals surface area contributed by atoms with Crippen molar-refractivity contribution < 1.29 is 18.9 Å². The van der Waals surface area contributed by atoms with Crippen LogP contribution >= 0.6 is 0 Å². The quantitative estimate of drug-likeness (QED) is 0.0620. The highest BCUT2D eigenvalue weighted by Crippen LogP contribution is 2.55. The molecular formula is C63H58O4. The lowest BCUT2D eigenvalue weighted by molar-refractivity contribution is 0.0714. The molecule has 4 heteroatoms. The molecule has 0 spiro atoms. The molecule has 10 aromatic rings. The van der Waals surface area contributed by atoms with Crippen molar-refractivity contribution in [3.05, 3.63) is 156 Å². The molecule has 4 nitrogen and oxygen atoms in total. The van der Waals surface area contributed by atoms with E-state index in [1.54, 1.807) is 0 Å². The predicted molar refractivity (Wildman–Crippen MR) is 279 cm³/mol. The summed E-state index contributed by atoms with van der Waals surface area (Å²) in [6.07, 6.45) is 3.29. The zero-order valence-corrected chi connectivity index (χ0v) is 39.4. The van der Waals surface area contributed by atoms with E-state index >= 15 is 0 Å². The second-order valence-corrected chi connectivity index (χ2v) is 21.5. The first kappa shape index (κ1) is 41.3. The minimum absolute atomic E-state index is 0.0671. The van der Waals surface area contributed by atoms with Gasteiger partial charge in [-0.1, -0.05) is 156 Å². The molecule has 10 aromatic carbocycles. The minimum Gasteiger partial charge on any atom is -0.379 e. The van der Waals surface area contributed by atoms with Crippen LogP contribution in [0.25, 0.3) is 98.0 Å². The van der Waals surface area contributed by atoms with Crippen LogP contribution in [0, 0.1) is 5.92 Å². The van der Waals surface area contributed by atoms with E-state index in [0.717, 1.165) is 32.5 Å². The Morgan fingerprint density at radius 1 is 0.537 bits per heavy atom. The Hall–Kier alpha value is -5.88. The van der Waals surface area contributed by atoms with Gasteiger partial charge in [-0.25, -0.2) is 0 Å². The Morgan fingerprint density at radius 3 is 1.51 bits per heavy atom. The molecule has 334 valence electrons. The smallest absolute Gasteiger partial charge is 0.104 e. The fourth-order valence-electron chi connectivity index (χ4n) is 11.9. The zero-order chi connectivity index (χ0) is 45.2. The lowest BCUT2D eigenvalue weighted by Crippen LogP contribution is -2.32. The molecule has 0 radical (unpaired) electrons. The van der Waals surface area contributed by atoms with Gasteiger partial charge >= 0.3 is 0 Å². The molecule has 67 heavy (non-hydrogen) atoms. The monoisotopic (exact) mass is 878 g/mol. The fraction of sp³-hybridized carbons (Fsp3) is 0.302. The number of benzene rings is 10. The number of hydrogen-bond acceptors (Lipinski definition) is 4. The lowest BCUT2D eigenvalue weighted by atomic mass is 9.74. The van der Waals surface area contributed by atoms with Crippen molar-refractivity contribution in [3.63, 3.8) is 0 Å². The molecule has 0 saturated carbocycles. The molecule has 3 atom stereocenters. The van der Waals surface area contributed by atoms with Gasteiger partial charge in [0.15, 0.2) is 0 Å². The summed E-state index contributed by atoms with van der Waals surface area (Å²) in [5.41, 5.74) is 12.7. The average Bonchev–Trinajstić information content (AvgIpc) is 4.28. The summed E-state index contributed by atoms with van der Waals surface area (Å²) >= 11 is 0. The summed E-state index contributed by atoms with van der Waals surface area (Å²) < 4.78 is 24.3. The number of epoxide rings is 2. The van der Waals surface area contributed by atoms with Crippen molar-refractivity contribution in [1.82, 2.24) is 0 Å². The van der Waals surface area contributed by atoms with Crippen LogP contribution in [0.1, 0.15) is 69.7 Å². The van der Waals surface area contributed by atoms with Gasteiger partial charge in [-0.3, -0.25) is 0 Å². The topological polar surface area (TPSA) is 43.5 Å². The van der Waals surface area contributed by atoms with Gasteiger partial charge in [0, 0.05) is 12.0 Å². The summed E-state index contributed by atoms with van der Waals surface area (Å²) in [7, 11) is 0. The highest BCUT2D eigenvalue weighted by atomic mass is 16.6.